The molecule has 1 saturated heterocycles. The third kappa shape index (κ3) is 3.98. The number of thiophene rings is 1. The van der Waals surface area contributed by atoms with Crippen molar-refractivity contribution < 1.29 is 9.18 Å². The molecular weight excluding hydrogens is 411 g/mol. The van der Waals surface area contributed by atoms with Gasteiger partial charge in [-0.05, 0) is 18.2 Å². The number of aromatic amines is 1. The summed E-state index contributed by atoms with van der Waals surface area (Å²) in [6.07, 6.45) is 0. The zero-order valence-corrected chi connectivity index (χ0v) is 17.4. The summed E-state index contributed by atoms with van der Waals surface area (Å²) in [7, 11) is 1.45. The number of fused-ring (bicyclic) bond motifs is 1. The molecule has 158 valence electrons. The second-order valence-corrected chi connectivity index (χ2v) is 8.34. The standard InChI is InChI=1S/C19H21FN6O3S/c1-11(27)21-15-4-3-14(17(20)23-15)26-7-5-25(6-8-26)10-12-9-13-16(30-12)18(28)24(2)19(29)22-13/h3-4,9H,5-8,10H2,1-2H3,(H,22,29)(H,21,23,27). The summed E-state index contributed by atoms with van der Waals surface area (Å²) in [5, 5.41) is 2.47. The summed E-state index contributed by atoms with van der Waals surface area (Å²) in [4.78, 5) is 46.8. The van der Waals surface area contributed by atoms with E-state index >= 15 is 0 Å². The summed E-state index contributed by atoms with van der Waals surface area (Å²) >= 11 is 1.38. The number of carbonyl (C=O) groups excluding carboxylic acids is 1. The molecule has 4 heterocycles. The second kappa shape index (κ2) is 8.00. The van der Waals surface area contributed by atoms with Crippen LogP contribution in [0.5, 0.6) is 0 Å². The van der Waals surface area contributed by atoms with E-state index in [2.05, 4.69) is 20.2 Å². The number of hydrogen-bond donors (Lipinski definition) is 2. The van der Waals surface area contributed by atoms with Crippen LogP contribution in [0.4, 0.5) is 15.9 Å². The molecule has 0 spiro atoms. The van der Waals surface area contributed by atoms with Gasteiger partial charge in [-0.25, -0.2) is 9.78 Å². The molecule has 30 heavy (non-hydrogen) atoms. The lowest BCUT2D eigenvalue weighted by molar-refractivity contribution is -0.114. The molecule has 1 aliphatic rings. The van der Waals surface area contributed by atoms with Crippen LogP contribution < -0.4 is 21.5 Å². The lowest BCUT2D eigenvalue weighted by atomic mass is 10.2. The first-order valence-electron chi connectivity index (χ1n) is 9.45. The first-order chi connectivity index (χ1) is 14.3. The molecule has 0 atom stereocenters. The molecule has 0 radical (unpaired) electrons. The van der Waals surface area contributed by atoms with Gasteiger partial charge in [0, 0.05) is 51.6 Å². The normalized spacial score (nSPS) is 15.0. The van der Waals surface area contributed by atoms with Crippen molar-refractivity contribution in [2.45, 2.75) is 13.5 Å². The number of halogens is 1. The average molecular weight is 432 g/mol. The summed E-state index contributed by atoms with van der Waals surface area (Å²) in [5.41, 5.74) is 0.256. The Morgan fingerprint density at radius 1 is 1.27 bits per heavy atom. The molecule has 0 aliphatic carbocycles. The smallest absolute Gasteiger partial charge is 0.328 e. The van der Waals surface area contributed by atoms with Crippen molar-refractivity contribution in [2.75, 3.05) is 36.4 Å². The Morgan fingerprint density at radius 2 is 2.00 bits per heavy atom. The third-order valence-electron chi connectivity index (χ3n) is 5.05. The van der Waals surface area contributed by atoms with Crippen LogP contribution in [0.15, 0.2) is 27.8 Å². The Kier molecular flexibility index (Phi) is 5.39. The summed E-state index contributed by atoms with van der Waals surface area (Å²) in [5.74, 6) is -0.721. The number of H-pyrrole nitrogens is 1. The summed E-state index contributed by atoms with van der Waals surface area (Å²) < 4.78 is 16.0. The van der Waals surface area contributed by atoms with Gasteiger partial charge in [0.25, 0.3) is 5.56 Å². The van der Waals surface area contributed by atoms with Crippen LogP contribution in [0.3, 0.4) is 0 Å². The van der Waals surface area contributed by atoms with E-state index in [4.69, 9.17) is 0 Å². The Hall–Kier alpha value is -3.05. The minimum atomic E-state index is -0.612. The molecule has 3 aromatic rings. The lowest BCUT2D eigenvalue weighted by Crippen LogP contribution is -2.46. The quantitative estimate of drug-likeness (QED) is 0.599. The van der Waals surface area contributed by atoms with Gasteiger partial charge in [0.15, 0.2) is 0 Å². The van der Waals surface area contributed by atoms with Crippen molar-refractivity contribution in [1.29, 1.82) is 0 Å². The molecule has 2 N–H and O–H groups in total. The number of carbonyl (C=O) groups is 1. The molecule has 0 saturated carbocycles. The van der Waals surface area contributed by atoms with E-state index in [0.29, 0.717) is 35.5 Å². The molecule has 0 bridgehead atoms. The number of pyridine rings is 1. The maximum absolute atomic E-state index is 14.4. The zero-order valence-electron chi connectivity index (χ0n) is 16.6. The Morgan fingerprint density at radius 3 is 2.67 bits per heavy atom. The van der Waals surface area contributed by atoms with Crippen molar-refractivity contribution >= 4 is 39.0 Å². The molecule has 3 aromatic heterocycles. The van der Waals surface area contributed by atoms with Gasteiger partial charge in [-0.1, -0.05) is 0 Å². The molecule has 11 heteroatoms. The fourth-order valence-electron chi connectivity index (χ4n) is 3.50. The van der Waals surface area contributed by atoms with Crippen LogP contribution >= 0.6 is 11.3 Å². The second-order valence-electron chi connectivity index (χ2n) is 7.20. The first-order valence-corrected chi connectivity index (χ1v) is 10.3. The van der Waals surface area contributed by atoms with E-state index in [9.17, 15) is 18.8 Å². The van der Waals surface area contributed by atoms with E-state index in [1.807, 2.05) is 11.0 Å². The first kappa shape index (κ1) is 20.2. The number of rotatable bonds is 4. The molecular formula is C19H21FN6O3S. The van der Waals surface area contributed by atoms with Gasteiger partial charge in [-0.2, -0.15) is 4.39 Å². The molecule has 0 unspecified atom stereocenters. The average Bonchev–Trinajstić information content (AvgIpc) is 3.09. The number of nitrogens with zero attached hydrogens (tertiary/aromatic N) is 4. The van der Waals surface area contributed by atoms with Crippen LogP contribution in [-0.4, -0.2) is 51.5 Å². The predicted octanol–water partition coefficient (Wildman–Crippen LogP) is 1.10. The minimum Gasteiger partial charge on any atom is -0.365 e. The Balaban J connectivity index is 1.42. The molecule has 1 amide bonds. The third-order valence-corrected chi connectivity index (χ3v) is 6.16. The molecule has 1 fully saturated rings. The van der Waals surface area contributed by atoms with Gasteiger partial charge in [0.05, 0.1) is 11.2 Å². The SMILES string of the molecule is CC(=O)Nc1ccc(N2CCN(Cc3cc4[nH]c(=O)n(C)c(=O)c4s3)CC2)c(F)n1. The van der Waals surface area contributed by atoms with Gasteiger partial charge in [0.1, 0.15) is 10.5 Å². The van der Waals surface area contributed by atoms with Crippen molar-refractivity contribution in [1.82, 2.24) is 19.4 Å². The van der Waals surface area contributed by atoms with Crippen molar-refractivity contribution in [3.63, 3.8) is 0 Å². The van der Waals surface area contributed by atoms with E-state index in [1.54, 1.807) is 12.1 Å². The maximum Gasteiger partial charge on any atom is 0.328 e. The molecule has 1 aliphatic heterocycles. The fourth-order valence-corrected chi connectivity index (χ4v) is 4.63. The van der Waals surface area contributed by atoms with E-state index in [0.717, 1.165) is 22.5 Å². The molecule has 0 aromatic carbocycles. The molecule has 9 nitrogen and oxygen atoms in total. The van der Waals surface area contributed by atoms with E-state index in [-0.39, 0.29) is 17.3 Å². The van der Waals surface area contributed by atoms with Crippen molar-refractivity contribution in [3.05, 3.63) is 49.9 Å². The van der Waals surface area contributed by atoms with Gasteiger partial charge in [-0.3, -0.25) is 19.1 Å². The predicted molar refractivity (Wildman–Crippen MR) is 114 cm³/mol. The number of anilines is 2. The highest BCUT2D eigenvalue weighted by Gasteiger charge is 2.21. The highest BCUT2D eigenvalue weighted by Crippen LogP contribution is 2.24. The van der Waals surface area contributed by atoms with Crippen molar-refractivity contribution in [3.8, 4) is 0 Å². The Bertz CT molecular complexity index is 1230. The van der Waals surface area contributed by atoms with Crippen LogP contribution in [0.2, 0.25) is 0 Å². The number of piperazine rings is 1. The van der Waals surface area contributed by atoms with Gasteiger partial charge in [0.2, 0.25) is 11.9 Å². The van der Waals surface area contributed by atoms with Crippen LogP contribution in [0, 0.1) is 5.95 Å². The van der Waals surface area contributed by atoms with Crippen LogP contribution in [0.25, 0.3) is 10.2 Å². The highest BCUT2D eigenvalue weighted by molar-refractivity contribution is 7.18. The lowest BCUT2D eigenvalue weighted by Gasteiger charge is -2.35. The number of amides is 1. The van der Waals surface area contributed by atoms with Gasteiger partial charge < -0.3 is 15.2 Å². The maximum atomic E-state index is 14.4. The van der Waals surface area contributed by atoms with Crippen molar-refractivity contribution in [2.24, 2.45) is 7.05 Å². The van der Waals surface area contributed by atoms with Gasteiger partial charge >= 0.3 is 5.69 Å². The molecule has 4 rings (SSSR count). The minimum absolute atomic E-state index is 0.191. The fraction of sp³-hybridized carbons (Fsp3) is 0.368. The van der Waals surface area contributed by atoms with Crippen LogP contribution in [0.1, 0.15) is 11.8 Å². The number of nitrogens with one attached hydrogen (secondary N) is 2. The Labute approximate surface area is 174 Å². The van der Waals surface area contributed by atoms with E-state index in [1.165, 1.54) is 25.3 Å². The largest absolute Gasteiger partial charge is 0.365 e. The van der Waals surface area contributed by atoms with Crippen LogP contribution in [-0.2, 0) is 18.4 Å². The van der Waals surface area contributed by atoms with Gasteiger partial charge in [-0.15, -0.1) is 11.3 Å². The van der Waals surface area contributed by atoms with E-state index < -0.39 is 11.6 Å². The highest BCUT2D eigenvalue weighted by atomic mass is 32.1. The topological polar surface area (TPSA) is 103 Å². The monoisotopic (exact) mass is 432 g/mol. The summed E-state index contributed by atoms with van der Waals surface area (Å²) in [6.45, 7) is 4.69. The summed E-state index contributed by atoms with van der Waals surface area (Å²) in [6, 6.07) is 5.06. The number of aromatic nitrogens is 3. The number of hydrogen-bond acceptors (Lipinski definition) is 7. The zero-order chi connectivity index (χ0) is 21.4.